The fourth-order valence-corrected chi connectivity index (χ4v) is 6.09. The minimum absolute atomic E-state index is 0. The summed E-state index contributed by atoms with van der Waals surface area (Å²) >= 11 is 0. The molecular weight excluding hydrogens is 764 g/mol. The Kier molecular flexibility index (Phi) is 11.7. The molecule has 0 bridgehead atoms. The molecule has 7 heteroatoms. The van der Waals surface area contributed by atoms with Gasteiger partial charge in [-0.2, -0.15) is 13.2 Å². The van der Waals surface area contributed by atoms with Gasteiger partial charge in [0.25, 0.3) is 0 Å². The van der Waals surface area contributed by atoms with Gasteiger partial charge in [0.15, 0.2) is 5.78 Å². The Morgan fingerprint density at radius 3 is 2.20 bits per heavy atom. The van der Waals surface area contributed by atoms with Gasteiger partial charge in [-0.25, -0.2) is 0 Å². The average Bonchev–Trinajstić information content (AvgIpc) is 3.43. The molecule has 0 unspecified atom stereocenters. The van der Waals surface area contributed by atoms with E-state index in [1.807, 2.05) is 0 Å². The number of hydrogen-bond donors (Lipinski definition) is 1. The number of carbonyl (C=O) groups is 1. The van der Waals surface area contributed by atoms with Gasteiger partial charge in [0.2, 0.25) is 5.76 Å². The first-order chi connectivity index (χ1) is 20.8. The summed E-state index contributed by atoms with van der Waals surface area (Å²) in [6.45, 7) is 15.7. The first kappa shape index (κ1) is 37.4. The van der Waals surface area contributed by atoms with Gasteiger partial charge in [0.05, 0.1) is 5.52 Å². The minimum atomic E-state index is -4.85. The van der Waals surface area contributed by atoms with Crippen LogP contribution in [-0.4, -0.2) is 22.1 Å². The maximum atomic E-state index is 11.7. The Bertz CT molecular complexity index is 1740. The van der Waals surface area contributed by atoms with Crippen molar-refractivity contribution in [3.8, 4) is 11.3 Å². The zero-order valence-corrected chi connectivity index (χ0v) is 30.5. The number of carbonyl (C=O) groups excluding carboxylic acids is 1. The standard InChI is InChI=1S/C31H34N.C8H11F3O2.Ir/c1-20-14-21(2)30-25(16-22-10-6-7-11-22)19-28(32-29(30)15-20)24-17-23-12-8-9-13-26(23)27(18-24)31(3,4)5;1-7(2,3)5(12)4-6(13)8(9,10)11;/h8-9,12-15,18-19,22H,6-7,10-11,16H2,1-5H3;4,13H,1-3H3;/q-1;;/b;6-4-;. The van der Waals surface area contributed by atoms with Crippen LogP contribution in [-0.2, 0) is 36.7 Å². The molecule has 5 rings (SSSR count). The van der Waals surface area contributed by atoms with Crippen LogP contribution in [0.1, 0.15) is 89.5 Å². The van der Waals surface area contributed by atoms with Gasteiger partial charge in [-0.3, -0.25) is 9.78 Å². The number of ketones is 1. The van der Waals surface area contributed by atoms with E-state index in [9.17, 15) is 18.0 Å². The number of aryl methyl sites for hydroxylation is 2. The summed E-state index contributed by atoms with van der Waals surface area (Å²) in [5, 5.41) is 12.3. The molecule has 249 valence electrons. The number of alkyl halides is 3. The van der Waals surface area contributed by atoms with Crippen LogP contribution in [0.3, 0.4) is 0 Å². The molecule has 3 nitrogen and oxygen atoms in total. The molecule has 1 heterocycles. The summed E-state index contributed by atoms with van der Waals surface area (Å²) in [6.07, 6.45) is 2.01. The first-order valence-electron chi connectivity index (χ1n) is 15.7. The van der Waals surface area contributed by atoms with E-state index in [1.165, 1.54) is 84.9 Å². The summed E-state index contributed by atoms with van der Waals surface area (Å²) < 4.78 is 35.2. The number of nitrogens with zero attached hydrogens (tertiary/aromatic N) is 1. The van der Waals surface area contributed by atoms with Gasteiger partial charge in [0.1, 0.15) is 0 Å². The molecule has 0 aliphatic heterocycles. The van der Waals surface area contributed by atoms with Crippen LogP contribution in [0.15, 0.2) is 60.4 Å². The molecule has 1 radical (unpaired) electrons. The van der Waals surface area contributed by atoms with Gasteiger partial charge < -0.3 is 5.11 Å². The molecule has 0 saturated heterocycles. The Labute approximate surface area is 285 Å². The van der Waals surface area contributed by atoms with Crippen LogP contribution in [0.4, 0.5) is 13.2 Å². The molecule has 1 saturated carbocycles. The van der Waals surface area contributed by atoms with Crippen molar-refractivity contribution in [1.29, 1.82) is 0 Å². The predicted molar refractivity (Wildman–Crippen MR) is 179 cm³/mol. The molecule has 3 aromatic carbocycles. The van der Waals surface area contributed by atoms with E-state index >= 15 is 0 Å². The average molecular weight is 809 g/mol. The molecular formula is C39H45F3IrNO2-. The van der Waals surface area contributed by atoms with E-state index in [2.05, 4.69) is 89.2 Å². The number of hydrogen-bond acceptors (Lipinski definition) is 3. The summed E-state index contributed by atoms with van der Waals surface area (Å²) in [4.78, 5) is 16.2. The third kappa shape index (κ3) is 9.07. The molecule has 1 aliphatic carbocycles. The van der Waals surface area contributed by atoms with Crippen molar-refractivity contribution in [2.45, 2.75) is 99.1 Å². The number of halogens is 3. The third-order valence-corrected chi connectivity index (χ3v) is 8.47. The fraction of sp³-hybridized carbons (Fsp3) is 0.436. The fourth-order valence-electron chi connectivity index (χ4n) is 6.09. The SMILES string of the molecule is CC(C)(C)C(=O)/C=C(\O)C(F)(F)F.Cc1cc(C)c2c(CC3CCCC3)cc(-c3[c-]c4ccccc4c(C(C)(C)C)c3)nc2c1.[Ir]. The monoisotopic (exact) mass is 809 g/mol. The van der Waals surface area contributed by atoms with E-state index < -0.39 is 23.1 Å². The minimum Gasteiger partial charge on any atom is -0.504 e. The second-order valence-corrected chi connectivity index (χ2v) is 14.5. The molecule has 1 N–H and O–H groups in total. The molecule has 0 spiro atoms. The molecule has 46 heavy (non-hydrogen) atoms. The van der Waals surface area contributed by atoms with Gasteiger partial charge in [-0.1, -0.05) is 109 Å². The zero-order chi connectivity index (χ0) is 33.3. The van der Waals surface area contributed by atoms with E-state index in [-0.39, 0.29) is 31.6 Å². The van der Waals surface area contributed by atoms with E-state index in [0.29, 0.717) is 0 Å². The quantitative estimate of drug-likeness (QED) is 0.127. The molecule has 0 amide bonds. The second-order valence-electron chi connectivity index (χ2n) is 14.5. The Morgan fingerprint density at radius 2 is 1.61 bits per heavy atom. The van der Waals surface area contributed by atoms with E-state index in [1.54, 1.807) is 0 Å². The summed E-state index contributed by atoms with van der Waals surface area (Å²) in [5.41, 5.74) is 7.91. The van der Waals surface area contributed by atoms with Crippen LogP contribution in [0, 0.1) is 31.2 Å². The van der Waals surface area contributed by atoms with E-state index in [4.69, 9.17) is 10.1 Å². The maximum absolute atomic E-state index is 11.7. The summed E-state index contributed by atoms with van der Waals surface area (Å²) in [6, 6.07) is 21.6. The summed E-state index contributed by atoms with van der Waals surface area (Å²) in [5.74, 6) is -1.81. The Balaban J connectivity index is 0.000000352. The second kappa shape index (κ2) is 14.4. The number of benzene rings is 3. The summed E-state index contributed by atoms with van der Waals surface area (Å²) in [7, 11) is 0. The zero-order valence-electron chi connectivity index (χ0n) is 28.1. The van der Waals surface area contributed by atoms with Crippen LogP contribution in [0.2, 0.25) is 0 Å². The van der Waals surface area contributed by atoms with Gasteiger partial charge >= 0.3 is 6.18 Å². The van der Waals surface area contributed by atoms with Crippen molar-refractivity contribution in [3.05, 3.63) is 88.7 Å². The number of aliphatic hydroxyl groups excluding tert-OH is 1. The number of aliphatic hydroxyl groups is 1. The molecule has 4 aromatic rings. The van der Waals surface area contributed by atoms with Gasteiger partial charge in [-0.15, -0.1) is 29.1 Å². The van der Waals surface area contributed by atoms with Crippen molar-refractivity contribution in [2.75, 3.05) is 0 Å². The van der Waals surface area contributed by atoms with Crippen LogP contribution >= 0.6 is 0 Å². The van der Waals surface area contributed by atoms with Crippen LogP contribution < -0.4 is 0 Å². The van der Waals surface area contributed by atoms with E-state index in [0.717, 1.165) is 29.1 Å². The Hall–Kier alpha value is -3.02. The number of fused-ring (bicyclic) bond motifs is 2. The van der Waals surface area contributed by atoms with Gasteiger partial charge in [-0.05, 0) is 54.4 Å². The number of aromatic nitrogens is 1. The smallest absolute Gasteiger partial charge is 0.448 e. The topological polar surface area (TPSA) is 50.2 Å². The van der Waals surface area contributed by atoms with Crippen molar-refractivity contribution >= 4 is 27.5 Å². The van der Waals surface area contributed by atoms with Crippen LogP contribution in [0.5, 0.6) is 0 Å². The number of rotatable bonds is 4. The first-order valence-corrected chi connectivity index (χ1v) is 15.7. The van der Waals surface area contributed by atoms with Crippen molar-refractivity contribution in [3.63, 3.8) is 0 Å². The largest absolute Gasteiger partial charge is 0.504 e. The van der Waals surface area contributed by atoms with Gasteiger partial charge in [0, 0.05) is 42.7 Å². The Morgan fingerprint density at radius 1 is 0.978 bits per heavy atom. The maximum Gasteiger partial charge on any atom is 0.448 e. The van der Waals surface area contributed by atoms with Crippen molar-refractivity contribution < 1.29 is 43.2 Å². The van der Waals surface area contributed by atoms with Crippen LogP contribution in [0.25, 0.3) is 32.9 Å². The molecule has 1 aliphatic rings. The predicted octanol–water partition coefficient (Wildman–Crippen LogP) is 11.1. The van der Waals surface area contributed by atoms with Crippen molar-refractivity contribution in [2.24, 2.45) is 11.3 Å². The molecule has 1 aromatic heterocycles. The molecule has 1 fully saturated rings. The normalized spacial score (nSPS) is 14.6. The number of allylic oxidation sites excluding steroid dienone is 2. The van der Waals surface area contributed by atoms with Crippen molar-refractivity contribution in [1.82, 2.24) is 4.98 Å². The molecule has 0 atom stereocenters. The number of pyridine rings is 1. The third-order valence-electron chi connectivity index (χ3n) is 8.47.